The second-order valence-corrected chi connectivity index (χ2v) is 3.10. The molecule has 0 aromatic carbocycles. The smallest absolute Gasteiger partial charge is 0.134 e. The zero-order valence-electron chi connectivity index (χ0n) is 6.03. The van der Waals surface area contributed by atoms with Crippen molar-refractivity contribution in [3.05, 3.63) is 23.2 Å². The van der Waals surface area contributed by atoms with Crippen LogP contribution in [-0.2, 0) is 0 Å². The molecule has 0 amide bonds. The highest BCUT2D eigenvalue weighted by Gasteiger charge is 2.00. The highest BCUT2D eigenvalue weighted by Crippen LogP contribution is 2.18. The summed E-state index contributed by atoms with van der Waals surface area (Å²) >= 11 is 3.24. The van der Waals surface area contributed by atoms with Crippen LogP contribution in [0.2, 0.25) is 0 Å². The summed E-state index contributed by atoms with van der Waals surface area (Å²) in [5, 5.41) is 0.819. The standard InChI is InChI=1S/C7H5BrN4/c8-6-1-4-5(2-10-6)11-3-12-7(4)9/h1-3H,(H2,9,11,12). The lowest BCUT2D eigenvalue weighted by Crippen LogP contribution is -1.93. The molecule has 0 unspecified atom stereocenters. The van der Waals surface area contributed by atoms with Crippen LogP contribution in [0.4, 0.5) is 5.82 Å². The Labute approximate surface area is 77.0 Å². The van der Waals surface area contributed by atoms with Crippen molar-refractivity contribution in [1.29, 1.82) is 0 Å². The molecule has 0 aliphatic carbocycles. The van der Waals surface area contributed by atoms with Crippen LogP contribution in [0, 0.1) is 0 Å². The van der Waals surface area contributed by atoms with Gasteiger partial charge in [0, 0.05) is 5.39 Å². The fraction of sp³-hybridized carbons (Fsp3) is 0. The van der Waals surface area contributed by atoms with Gasteiger partial charge in [0.15, 0.2) is 0 Å². The number of halogens is 1. The summed E-state index contributed by atoms with van der Waals surface area (Å²) in [6.07, 6.45) is 3.07. The summed E-state index contributed by atoms with van der Waals surface area (Å²) in [7, 11) is 0. The number of rotatable bonds is 0. The molecule has 0 spiro atoms. The lowest BCUT2D eigenvalue weighted by atomic mass is 10.3. The number of aromatic nitrogens is 3. The van der Waals surface area contributed by atoms with Crippen LogP contribution < -0.4 is 5.73 Å². The third-order valence-corrected chi connectivity index (χ3v) is 1.95. The second-order valence-electron chi connectivity index (χ2n) is 2.28. The van der Waals surface area contributed by atoms with E-state index in [1.165, 1.54) is 6.33 Å². The molecule has 2 aromatic rings. The van der Waals surface area contributed by atoms with E-state index in [9.17, 15) is 0 Å². The van der Waals surface area contributed by atoms with Gasteiger partial charge in [-0.25, -0.2) is 15.0 Å². The van der Waals surface area contributed by atoms with Crippen LogP contribution in [0.3, 0.4) is 0 Å². The van der Waals surface area contributed by atoms with Gasteiger partial charge >= 0.3 is 0 Å². The molecule has 2 heterocycles. The average Bonchev–Trinajstić information content (AvgIpc) is 2.07. The number of fused-ring (bicyclic) bond motifs is 1. The molecular weight excluding hydrogens is 220 g/mol. The number of pyridine rings is 1. The summed E-state index contributed by atoms with van der Waals surface area (Å²) in [6, 6.07) is 1.80. The van der Waals surface area contributed by atoms with Crippen LogP contribution >= 0.6 is 15.9 Å². The molecular formula is C7H5BrN4. The van der Waals surface area contributed by atoms with Crippen LogP contribution in [-0.4, -0.2) is 15.0 Å². The first-order valence-electron chi connectivity index (χ1n) is 3.29. The Kier molecular flexibility index (Phi) is 1.65. The molecule has 0 atom stereocenters. The molecule has 2 rings (SSSR count). The Morgan fingerprint density at radius 2 is 2.08 bits per heavy atom. The zero-order valence-corrected chi connectivity index (χ0v) is 7.62. The third kappa shape index (κ3) is 1.12. The van der Waals surface area contributed by atoms with Gasteiger partial charge in [0.1, 0.15) is 16.7 Å². The van der Waals surface area contributed by atoms with Crippen molar-refractivity contribution >= 4 is 32.7 Å². The number of nitrogens with zero attached hydrogens (tertiary/aromatic N) is 3. The predicted octanol–water partition coefficient (Wildman–Crippen LogP) is 1.37. The molecule has 12 heavy (non-hydrogen) atoms. The Bertz CT molecular complexity index is 429. The summed E-state index contributed by atoms with van der Waals surface area (Å²) in [4.78, 5) is 11.9. The first-order valence-corrected chi connectivity index (χ1v) is 4.08. The van der Waals surface area contributed by atoms with Crippen molar-refractivity contribution in [2.24, 2.45) is 0 Å². The van der Waals surface area contributed by atoms with Crippen molar-refractivity contribution in [2.75, 3.05) is 5.73 Å². The Hall–Kier alpha value is -1.23. The maximum Gasteiger partial charge on any atom is 0.134 e. The van der Waals surface area contributed by atoms with Crippen LogP contribution in [0.15, 0.2) is 23.2 Å². The molecule has 2 N–H and O–H groups in total. The molecule has 0 bridgehead atoms. The minimum absolute atomic E-state index is 0.475. The molecule has 2 aromatic heterocycles. The summed E-state index contributed by atoms with van der Waals surface area (Å²) < 4.78 is 0.733. The van der Waals surface area contributed by atoms with Crippen LogP contribution in [0.1, 0.15) is 0 Å². The second kappa shape index (κ2) is 2.67. The first-order chi connectivity index (χ1) is 5.77. The Balaban J connectivity index is 2.88. The lowest BCUT2D eigenvalue weighted by Gasteiger charge is -1.98. The molecule has 0 saturated carbocycles. The minimum atomic E-state index is 0.475. The molecule has 60 valence electrons. The molecule has 5 heteroatoms. The first kappa shape index (κ1) is 7.42. The lowest BCUT2D eigenvalue weighted by molar-refractivity contribution is 1.20. The largest absolute Gasteiger partial charge is 0.383 e. The van der Waals surface area contributed by atoms with Gasteiger partial charge in [0.05, 0.1) is 11.7 Å². The Morgan fingerprint density at radius 1 is 1.25 bits per heavy atom. The fourth-order valence-electron chi connectivity index (χ4n) is 0.954. The highest BCUT2D eigenvalue weighted by molar-refractivity contribution is 9.10. The van der Waals surface area contributed by atoms with E-state index in [1.807, 2.05) is 0 Å². The van der Waals surface area contributed by atoms with Crippen LogP contribution in [0.5, 0.6) is 0 Å². The highest BCUT2D eigenvalue weighted by atomic mass is 79.9. The molecule has 0 aliphatic heterocycles. The quantitative estimate of drug-likeness (QED) is 0.687. The van der Waals surface area contributed by atoms with Crippen molar-refractivity contribution in [3.8, 4) is 0 Å². The number of hydrogen-bond donors (Lipinski definition) is 1. The van der Waals surface area contributed by atoms with Crippen molar-refractivity contribution in [2.45, 2.75) is 0 Å². The van der Waals surface area contributed by atoms with Crippen molar-refractivity contribution in [3.63, 3.8) is 0 Å². The van der Waals surface area contributed by atoms with E-state index in [2.05, 4.69) is 30.9 Å². The predicted molar refractivity (Wildman–Crippen MR) is 49.4 cm³/mol. The van der Waals surface area contributed by atoms with E-state index in [1.54, 1.807) is 12.3 Å². The zero-order chi connectivity index (χ0) is 8.55. The molecule has 0 fully saturated rings. The summed E-state index contributed by atoms with van der Waals surface area (Å²) in [5.41, 5.74) is 6.38. The van der Waals surface area contributed by atoms with Gasteiger partial charge in [0.25, 0.3) is 0 Å². The summed E-state index contributed by atoms with van der Waals surface area (Å²) in [6.45, 7) is 0. The van der Waals surface area contributed by atoms with E-state index in [0.29, 0.717) is 5.82 Å². The number of hydrogen-bond acceptors (Lipinski definition) is 4. The van der Waals surface area contributed by atoms with Crippen LogP contribution in [0.25, 0.3) is 10.9 Å². The number of anilines is 1. The maximum atomic E-state index is 5.63. The Morgan fingerprint density at radius 3 is 2.92 bits per heavy atom. The van der Waals surface area contributed by atoms with E-state index >= 15 is 0 Å². The van der Waals surface area contributed by atoms with Gasteiger partial charge in [0.2, 0.25) is 0 Å². The van der Waals surface area contributed by atoms with Gasteiger partial charge in [-0.1, -0.05) is 0 Å². The monoisotopic (exact) mass is 224 g/mol. The summed E-state index contributed by atoms with van der Waals surface area (Å²) in [5.74, 6) is 0.475. The van der Waals surface area contributed by atoms with Gasteiger partial charge in [-0.3, -0.25) is 0 Å². The van der Waals surface area contributed by atoms with Crippen molar-refractivity contribution in [1.82, 2.24) is 15.0 Å². The van der Waals surface area contributed by atoms with Gasteiger partial charge < -0.3 is 5.73 Å². The number of nitrogen functional groups attached to an aromatic ring is 1. The molecule has 0 saturated heterocycles. The van der Waals surface area contributed by atoms with E-state index in [4.69, 9.17) is 5.73 Å². The van der Waals surface area contributed by atoms with E-state index in [-0.39, 0.29) is 0 Å². The van der Waals surface area contributed by atoms with Crippen molar-refractivity contribution < 1.29 is 0 Å². The van der Waals surface area contributed by atoms with E-state index < -0.39 is 0 Å². The van der Waals surface area contributed by atoms with Gasteiger partial charge in [-0.2, -0.15) is 0 Å². The minimum Gasteiger partial charge on any atom is -0.383 e. The topological polar surface area (TPSA) is 64.7 Å². The average molecular weight is 225 g/mol. The van der Waals surface area contributed by atoms with Gasteiger partial charge in [-0.15, -0.1) is 0 Å². The SMILES string of the molecule is Nc1ncnc2cnc(Br)cc12. The molecule has 0 aliphatic rings. The fourth-order valence-corrected chi connectivity index (χ4v) is 1.28. The third-order valence-electron chi connectivity index (χ3n) is 1.52. The molecule has 0 radical (unpaired) electrons. The molecule has 4 nitrogen and oxygen atoms in total. The number of nitrogens with two attached hydrogens (primary N) is 1. The van der Waals surface area contributed by atoms with Gasteiger partial charge in [-0.05, 0) is 22.0 Å². The maximum absolute atomic E-state index is 5.63. The van der Waals surface area contributed by atoms with E-state index in [0.717, 1.165) is 15.5 Å². The normalized spacial score (nSPS) is 10.4.